The van der Waals surface area contributed by atoms with Gasteiger partial charge in [0.15, 0.2) is 0 Å². The first-order valence-corrected chi connectivity index (χ1v) is 12.8. The van der Waals surface area contributed by atoms with Crippen LogP contribution < -0.4 is 11.5 Å². The van der Waals surface area contributed by atoms with E-state index in [-0.39, 0.29) is 24.4 Å². The highest BCUT2D eigenvalue weighted by atomic mass is 16.3. The predicted octanol–water partition coefficient (Wildman–Crippen LogP) is 2.08. The standard InChI is InChI=1S/2C15H15NO3/c2*16-14(18)10-8-11-12(17)6-7-15(11,19)13(10)9-4-2-1-3-5-9/h2*1-5,11,19H,6-8H2,(H2,16,18)/t2*11-,15-/m11/s1. The highest BCUT2D eigenvalue weighted by molar-refractivity contribution is 6.08. The third-order valence-corrected chi connectivity index (χ3v) is 8.44. The van der Waals surface area contributed by atoms with Crippen molar-refractivity contribution in [3.05, 3.63) is 82.9 Å². The molecular formula is C30H30N2O6. The van der Waals surface area contributed by atoms with Crippen LogP contribution in [0, 0.1) is 11.8 Å². The van der Waals surface area contributed by atoms with E-state index >= 15 is 0 Å². The van der Waals surface area contributed by atoms with Crippen LogP contribution in [0.25, 0.3) is 11.1 Å². The minimum absolute atomic E-state index is 0.0205. The first-order chi connectivity index (χ1) is 18.1. The van der Waals surface area contributed by atoms with Gasteiger partial charge in [0.05, 0.1) is 11.8 Å². The van der Waals surface area contributed by atoms with Gasteiger partial charge >= 0.3 is 0 Å². The first kappa shape index (κ1) is 25.8. The van der Waals surface area contributed by atoms with Crippen molar-refractivity contribution in [2.45, 2.75) is 49.7 Å². The second-order valence-corrected chi connectivity index (χ2v) is 10.5. The number of Topliss-reactive ketones (excluding diaryl/α,β-unsaturated/α-hetero) is 2. The fourth-order valence-corrected chi connectivity index (χ4v) is 6.66. The van der Waals surface area contributed by atoms with Crippen LogP contribution in [-0.4, -0.2) is 44.8 Å². The number of rotatable bonds is 4. The number of primary amides is 2. The van der Waals surface area contributed by atoms with Crippen molar-refractivity contribution in [2.24, 2.45) is 23.3 Å². The largest absolute Gasteiger partial charge is 0.384 e. The van der Waals surface area contributed by atoms with Gasteiger partial charge in [0, 0.05) is 35.1 Å². The molecule has 0 aromatic heterocycles. The normalized spacial score (nSPS) is 29.7. The lowest BCUT2D eigenvalue weighted by Crippen LogP contribution is -2.32. The third kappa shape index (κ3) is 4.01. The molecule has 0 spiro atoms. The van der Waals surface area contributed by atoms with Gasteiger partial charge in [-0.05, 0) is 36.8 Å². The fraction of sp³-hybridized carbons (Fsp3) is 0.333. The average molecular weight is 515 g/mol. The summed E-state index contributed by atoms with van der Waals surface area (Å²) in [4.78, 5) is 46.9. The molecule has 4 aliphatic carbocycles. The quantitative estimate of drug-likeness (QED) is 0.488. The predicted molar refractivity (Wildman–Crippen MR) is 140 cm³/mol. The molecule has 196 valence electrons. The molecule has 0 heterocycles. The summed E-state index contributed by atoms with van der Waals surface area (Å²) in [5, 5.41) is 21.7. The number of carbonyl (C=O) groups excluding carboxylic acids is 4. The van der Waals surface area contributed by atoms with Gasteiger partial charge in [0.25, 0.3) is 0 Å². The van der Waals surface area contributed by atoms with Crippen LogP contribution in [0.15, 0.2) is 71.8 Å². The first-order valence-electron chi connectivity index (χ1n) is 12.8. The van der Waals surface area contributed by atoms with Crippen LogP contribution in [0.2, 0.25) is 0 Å². The van der Waals surface area contributed by atoms with Gasteiger partial charge in [-0.25, -0.2) is 0 Å². The number of amides is 2. The second kappa shape index (κ2) is 9.45. The van der Waals surface area contributed by atoms with E-state index in [1.165, 1.54) is 0 Å². The number of hydrogen-bond acceptors (Lipinski definition) is 6. The molecule has 8 nitrogen and oxygen atoms in total. The molecule has 38 heavy (non-hydrogen) atoms. The van der Waals surface area contributed by atoms with E-state index in [0.717, 1.165) is 11.1 Å². The van der Waals surface area contributed by atoms with E-state index < -0.39 is 34.9 Å². The van der Waals surface area contributed by atoms with E-state index in [9.17, 15) is 29.4 Å². The zero-order chi connectivity index (χ0) is 27.2. The SMILES string of the molecule is NC(=O)C1=C(c2ccccc2)[C@@]2(O)CCC(=O)[C@H]2C1.NC(=O)C1=C(c2ccccc2)[C@@]2(O)CCC(=O)[C@H]2C1. The van der Waals surface area contributed by atoms with Crippen LogP contribution in [0.4, 0.5) is 0 Å². The monoisotopic (exact) mass is 514 g/mol. The van der Waals surface area contributed by atoms with Gasteiger partial charge in [-0.1, -0.05) is 60.7 Å². The Labute approximate surface area is 220 Å². The van der Waals surface area contributed by atoms with Gasteiger partial charge < -0.3 is 21.7 Å². The lowest BCUT2D eigenvalue weighted by Gasteiger charge is -2.26. The van der Waals surface area contributed by atoms with E-state index in [2.05, 4.69) is 0 Å². The van der Waals surface area contributed by atoms with Crippen LogP contribution in [-0.2, 0) is 19.2 Å². The smallest absolute Gasteiger partial charge is 0.245 e. The Morgan fingerprint density at radius 2 is 1.00 bits per heavy atom. The maximum Gasteiger partial charge on any atom is 0.245 e. The number of hydrogen-bond donors (Lipinski definition) is 4. The maximum absolute atomic E-state index is 11.9. The summed E-state index contributed by atoms with van der Waals surface area (Å²) in [5.74, 6) is -2.07. The van der Waals surface area contributed by atoms with E-state index in [1.807, 2.05) is 60.7 Å². The minimum atomic E-state index is -1.22. The lowest BCUT2D eigenvalue weighted by molar-refractivity contribution is -0.123. The molecule has 2 saturated carbocycles. The Bertz CT molecular complexity index is 1290. The van der Waals surface area contributed by atoms with E-state index in [0.29, 0.717) is 48.0 Å². The van der Waals surface area contributed by atoms with Gasteiger partial charge in [-0.15, -0.1) is 0 Å². The number of benzene rings is 2. The molecule has 0 aliphatic heterocycles. The van der Waals surface area contributed by atoms with Gasteiger partial charge in [0.1, 0.15) is 22.8 Å². The molecule has 2 amide bonds. The minimum Gasteiger partial charge on any atom is -0.384 e. The molecule has 0 radical (unpaired) electrons. The summed E-state index contributed by atoms with van der Waals surface area (Å²) in [6.07, 6.45) is 1.99. The Hall–Kier alpha value is -3.88. The van der Waals surface area contributed by atoms with Gasteiger partial charge in [-0.3, -0.25) is 19.2 Å². The molecular weight excluding hydrogens is 484 g/mol. The molecule has 6 rings (SSSR count). The molecule has 8 heteroatoms. The Kier molecular flexibility index (Phi) is 6.41. The molecule has 2 aromatic rings. The number of fused-ring (bicyclic) bond motifs is 2. The summed E-state index contributed by atoms with van der Waals surface area (Å²) in [5.41, 5.74) is 11.8. The molecule has 2 fully saturated rings. The molecule has 0 unspecified atom stereocenters. The summed E-state index contributed by atoms with van der Waals surface area (Å²) in [6, 6.07) is 18.4. The van der Waals surface area contributed by atoms with Crippen molar-refractivity contribution in [3.63, 3.8) is 0 Å². The number of ketones is 2. The Balaban J connectivity index is 0.000000155. The zero-order valence-electron chi connectivity index (χ0n) is 20.9. The topological polar surface area (TPSA) is 161 Å². The Morgan fingerprint density at radius 3 is 1.32 bits per heavy atom. The van der Waals surface area contributed by atoms with E-state index in [4.69, 9.17) is 11.5 Å². The summed E-state index contributed by atoms with van der Waals surface area (Å²) in [7, 11) is 0. The van der Waals surface area contributed by atoms with Crippen molar-refractivity contribution in [2.75, 3.05) is 0 Å². The molecule has 4 atom stereocenters. The maximum atomic E-state index is 11.9. The molecule has 0 saturated heterocycles. The van der Waals surface area contributed by atoms with Crippen molar-refractivity contribution in [1.29, 1.82) is 0 Å². The number of aliphatic hydroxyl groups is 2. The van der Waals surface area contributed by atoms with Crippen LogP contribution in [0.5, 0.6) is 0 Å². The van der Waals surface area contributed by atoms with Crippen LogP contribution in [0.3, 0.4) is 0 Å². The van der Waals surface area contributed by atoms with Crippen LogP contribution in [0.1, 0.15) is 49.7 Å². The average Bonchev–Trinajstić information content (AvgIpc) is 3.57. The van der Waals surface area contributed by atoms with Crippen molar-refractivity contribution >= 4 is 34.5 Å². The molecule has 6 N–H and O–H groups in total. The highest BCUT2D eigenvalue weighted by Gasteiger charge is 2.56. The molecule has 0 bridgehead atoms. The number of carbonyl (C=O) groups is 4. The van der Waals surface area contributed by atoms with Crippen molar-refractivity contribution in [1.82, 2.24) is 0 Å². The summed E-state index contributed by atoms with van der Waals surface area (Å²) >= 11 is 0. The molecule has 2 aromatic carbocycles. The summed E-state index contributed by atoms with van der Waals surface area (Å²) < 4.78 is 0. The zero-order valence-corrected chi connectivity index (χ0v) is 20.9. The van der Waals surface area contributed by atoms with Gasteiger partial charge in [-0.2, -0.15) is 0 Å². The number of nitrogens with two attached hydrogens (primary N) is 2. The molecule has 4 aliphatic rings. The summed E-state index contributed by atoms with van der Waals surface area (Å²) in [6.45, 7) is 0. The lowest BCUT2D eigenvalue weighted by atomic mass is 9.85. The van der Waals surface area contributed by atoms with Crippen molar-refractivity contribution in [3.8, 4) is 0 Å². The second-order valence-electron chi connectivity index (χ2n) is 10.5. The van der Waals surface area contributed by atoms with E-state index in [1.54, 1.807) is 0 Å². The van der Waals surface area contributed by atoms with Gasteiger partial charge in [0.2, 0.25) is 11.8 Å². The fourth-order valence-electron chi connectivity index (χ4n) is 6.66. The van der Waals surface area contributed by atoms with Crippen LogP contribution >= 0.6 is 0 Å². The highest BCUT2D eigenvalue weighted by Crippen LogP contribution is 2.53. The third-order valence-electron chi connectivity index (χ3n) is 8.44. The Morgan fingerprint density at radius 1 is 0.658 bits per heavy atom. The van der Waals surface area contributed by atoms with Crippen molar-refractivity contribution < 1.29 is 29.4 Å².